The van der Waals surface area contributed by atoms with Crippen LogP contribution in [0.15, 0.2) is 43.2 Å². The van der Waals surface area contributed by atoms with Crippen molar-refractivity contribution in [3.05, 3.63) is 48.9 Å². The molecule has 0 amide bonds. The van der Waals surface area contributed by atoms with E-state index >= 15 is 0 Å². The topological polar surface area (TPSA) is 81.4 Å². The highest BCUT2D eigenvalue weighted by Gasteiger charge is 2.34. The Morgan fingerprint density at radius 1 is 1.16 bits per heavy atom. The molecule has 0 aliphatic carbocycles. The van der Waals surface area contributed by atoms with E-state index in [0.717, 1.165) is 6.07 Å². The highest BCUT2D eigenvalue weighted by Crippen LogP contribution is 2.30. The standard InChI is InChI=1S/C15H14F3N7/c1-10(7-25-9-20-8-21-25)22-13-6-12(15(16,17)18)23-14(24-13)11-2-4-19-5-3-11/h2-6,8-10H,7H2,1H3,(H,22,23,24)/t10-/m1/s1. The van der Waals surface area contributed by atoms with E-state index in [9.17, 15) is 13.2 Å². The Kier molecular flexibility index (Phi) is 4.59. The number of aromatic nitrogens is 6. The molecule has 130 valence electrons. The Balaban J connectivity index is 1.89. The summed E-state index contributed by atoms with van der Waals surface area (Å²) >= 11 is 0. The molecule has 0 fully saturated rings. The van der Waals surface area contributed by atoms with Gasteiger partial charge in [0.15, 0.2) is 11.5 Å². The fourth-order valence-electron chi connectivity index (χ4n) is 2.20. The van der Waals surface area contributed by atoms with Crippen LogP contribution in [-0.2, 0) is 12.7 Å². The van der Waals surface area contributed by atoms with Crippen LogP contribution in [0.3, 0.4) is 0 Å². The summed E-state index contributed by atoms with van der Waals surface area (Å²) in [7, 11) is 0. The van der Waals surface area contributed by atoms with Crippen LogP contribution in [0.4, 0.5) is 19.0 Å². The zero-order valence-corrected chi connectivity index (χ0v) is 13.1. The molecule has 1 N–H and O–H groups in total. The Morgan fingerprint density at radius 2 is 1.92 bits per heavy atom. The van der Waals surface area contributed by atoms with E-state index in [-0.39, 0.29) is 17.7 Å². The number of hydrogen-bond donors (Lipinski definition) is 1. The van der Waals surface area contributed by atoms with E-state index < -0.39 is 11.9 Å². The molecule has 1 atom stereocenters. The molecular formula is C15H14F3N7. The second-order valence-corrected chi connectivity index (χ2v) is 5.36. The highest BCUT2D eigenvalue weighted by molar-refractivity contribution is 5.57. The molecule has 0 unspecified atom stereocenters. The van der Waals surface area contributed by atoms with Crippen molar-refractivity contribution in [1.82, 2.24) is 29.7 Å². The van der Waals surface area contributed by atoms with Crippen LogP contribution < -0.4 is 5.32 Å². The molecule has 3 aromatic heterocycles. The number of halogens is 3. The van der Waals surface area contributed by atoms with Crippen molar-refractivity contribution in [1.29, 1.82) is 0 Å². The van der Waals surface area contributed by atoms with E-state index in [2.05, 4.69) is 30.4 Å². The summed E-state index contributed by atoms with van der Waals surface area (Å²) in [6, 6.07) is 3.78. The number of rotatable bonds is 5. The predicted octanol–water partition coefficient (Wildman–Crippen LogP) is 2.65. The Labute approximate surface area is 141 Å². The quantitative estimate of drug-likeness (QED) is 0.763. The van der Waals surface area contributed by atoms with Crippen molar-refractivity contribution >= 4 is 5.82 Å². The maximum absolute atomic E-state index is 13.2. The van der Waals surface area contributed by atoms with Crippen molar-refractivity contribution in [3.8, 4) is 11.4 Å². The van der Waals surface area contributed by atoms with E-state index in [0.29, 0.717) is 12.1 Å². The fourth-order valence-corrected chi connectivity index (χ4v) is 2.20. The maximum atomic E-state index is 13.2. The molecule has 3 rings (SSSR count). The fraction of sp³-hybridized carbons (Fsp3) is 0.267. The van der Waals surface area contributed by atoms with Crippen molar-refractivity contribution in [2.45, 2.75) is 25.7 Å². The van der Waals surface area contributed by atoms with Gasteiger partial charge < -0.3 is 5.32 Å². The van der Waals surface area contributed by atoms with Crippen LogP contribution in [0.1, 0.15) is 12.6 Å². The molecule has 0 saturated heterocycles. The Bertz CT molecular complexity index is 819. The summed E-state index contributed by atoms with van der Waals surface area (Å²) in [4.78, 5) is 15.5. The summed E-state index contributed by atoms with van der Waals surface area (Å²) in [5.74, 6) is 0.0643. The first kappa shape index (κ1) is 16.8. The van der Waals surface area contributed by atoms with Gasteiger partial charge in [0.1, 0.15) is 18.5 Å². The summed E-state index contributed by atoms with van der Waals surface area (Å²) < 4.78 is 41.0. The van der Waals surface area contributed by atoms with Crippen molar-refractivity contribution in [2.75, 3.05) is 5.32 Å². The van der Waals surface area contributed by atoms with Crippen LogP contribution in [0.25, 0.3) is 11.4 Å². The third-order valence-electron chi connectivity index (χ3n) is 3.28. The normalized spacial score (nSPS) is 12.8. The number of nitrogens with zero attached hydrogens (tertiary/aromatic N) is 6. The van der Waals surface area contributed by atoms with Gasteiger partial charge in [-0.2, -0.15) is 18.3 Å². The molecule has 0 aliphatic rings. The summed E-state index contributed by atoms with van der Waals surface area (Å²) in [6.07, 6.45) is 1.29. The minimum atomic E-state index is -4.57. The molecule has 0 bridgehead atoms. The van der Waals surface area contributed by atoms with Crippen molar-refractivity contribution in [3.63, 3.8) is 0 Å². The number of anilines is 1. The lowest BCUT2D eigenvalue weighted by atomic mass is 10.2. The second kappa shape index (κ2) is 6.83. The van der Waals surface area contributed by atoms with Gasteiger partial charge in [-0.25, -0.2) is 15.0 Å². The van der Waals surface area contributed by atoms with Crippen LogP contribution in [0, 0.1) is 0 Å². The summed E-state index contributed by atoms with van der Waals surface area (Å²) in [5, 5.41) is 6.91. The molecule has 25 heavy (non-hydrogen) atoms. The minimum absolute atomic E-state index is 0.0207. The van der Waals surface area contributed by atoms with E-state index in [4.69, 9.17) is 0 Å². The summed E-state index contributed by atoms with van der Waals surface area (Å²) in [6.45, 7) is 2.24. The molecule has 3 aromatic rings. The lowest BCUT2D eigenvalue weighted by Gasteiger charge is -2.16. The van der Waals surface area contributed by atoms with Gasteiger partial charge in [-0.1, -0.05) is 0 Å². The first-order valence-electron chi connectivity index (χ1n) is 7.37. The van der Waals surface area contributed by atoms with E-state index in [1.165, 1.54) is 25.0 Å². The molecule has 7 nitrogen and oxygen atoms in total. The number of hydrogen-bond acceptors (Lipinski definition) is 6. The molecule has 0 aliphatic heterocycles. The van der Waals surface area contributed by atoms with E-state index in [1.807, 2.05) is 6.92 Å². The van der Waals surface area contributed by atoms with E-state index in [1.54, 1.807) is 16.8 Å². The average Bonchev–Trinajstić information content (AvgIpc) is 3.07. The smallest absolute Gasteiger partial charge is 0.366 e. The minimum Gasteiger partial charge on any atom is -0.366 e. The van der Waals surface area contributed by atoms with Gasteiger partial charge in [-0.3, -0.25) is 9.67 Å². The second-order valence-electron chi connectivity index (χ2n) is 5.36. The molecule has 0 spiro atoms. The number of alkyl halides is 3. The van der Waals surface area contributed by atoms with Gasteiger partial charge in [0.2, 0.25) is 0 Å². The molecule has 0 saturated carbocycles. The predicted molar refractivity (Wildman–Crippen MR) is 83.4 cm³/mol. The first-order valence-corrected chi connectivity index (χ1v) is 7.37. The molecule has 0 radical (unpaired) electrons. The lowest BCUT2D eigenvalue weighted by molar-refractivity contribution is -0.141. The zero-order valence-electron chi connectivity index (χ0n) is 13.1. The SMILES string of the molecule is C[C@H](Cn1cncn1)Nc1cc(C(F)(F)F)nc(-c2ccncc2)n1. The van der Waals surface area contributed by atoms with Gasteiger partial charge in [-0.15, -0.1) is 0 Å². The van der Waals surface area contributed by atoms with Gasteiger partial charge >= 0.3 is 6.18 Å². The molecule has 10 heteroatoms. The first-order chi connectivity index (χ1) is 11.9. The zero-order chi connectivity index (χ0) is 17.9. The Morgan fingerprint density at radius 3 is 2.56 bits per heavy atom. The number of nitrogens with one attached hydrogen (secondary N) is 1. The van der Waals surface area contributed by atoms with Crippen molar-refractivity contribution in [2.24, 2.45) is 0 Å². The van der Waals surface area contributed by atoms with Crippen molar-refractivity contribution < 1.29 is 13.2 Å². The average molecular weight is 349 g/mol. The van der Waals surface area contributed by atoms with Gasteiger partial charge in [0.25, 0.3) is 0 Å². The van der Waals surface area contributed by atoms with Crippen LogP contribution >= 0.6 is 0 Å². The Hall–Kier alpha value is -3.04. The van der Waals surface area contributed by atoms with Gasteiger partial charge in [0.05, 0.1) is 6.54 Å². The molecule has 3 heterocycles. The maximum Gasteiger partial charge on any atom is 0.433 e. The molecular weight excluding hydrogens is 335 g/mol. The van der Waals surface area contributed by atoms with Crippen LogP contribution in [-0.4, -0.2) is 35.8 Å². The van der Waals surface area contributed by atoms with Crippen LogP contribution in [0.5, 0.6) is 0 Å². The number of pyridine rings is 1. The largest absolute Gasteiger partial charge is 0.433 e. The monoisotopic (exact) mass is 349 g/mol. The highest BCUT2D eigenvalue weighted by atomic mass is 19.4. The summed E-state index contributed by atoms with van der Waals surface area (Å²) in [5.41, 5.74) is -0.558. The van der Waals surface area contributed by atoms with Crippen LogP contribution in [0.2, 0.25) is 0 Å². The van der Waals surface area contributed by atoms with Gasteiger partial charge in [-0.05, 0) is 19.1 Å². The third kappa shape index (κ3) is 4.28. The molecule has 0 aromatic carbocycles. The lowest BCUT2D eigenvalue weighted by Crippen LogP contribution is -2.23. The third-order valence-corrected chi connectivity index (χ3v) is 3.28. The van der Waals surface area contributed by atoms with Gasteiger partial charge in [0, 0.05) is 30.1 Å².